The van der Waals surface area contributed by atoms with Gasteiger partial charge in [-0.05, 0) is 43.4 Å². The zero-order chi connectivity index (χ0) is 20.0. The van der Waals surface area contributed by atoms with Crippen LogP contribution >= 0.6 is 0 Å². The number of hydrogen-bond acceptors (Lipinski definition) is 4. The summed E-state index contributed by atoms with van der Waals surface area (Å²) < 4.78 is 13.2. The second-order valence-corrected chi connectivity index (χ2v) is 8.37. The van der Waals surface area contributed by atoms with Crippen molar-refractivity contribution in [3.63, 3.8) is 0 Å². The molecular weight excluding hydrogens is 367 g/mol. The van der Waals surface area contributed by atoms with Gasteiger partial charge in [-0.2, -0.15) is 0 Å². The number of hydrogen-bond donors (Lipinski definition) is 2. The van der Waals surface area contributed by atoms with E-state index in [0.717, 1.165) is 48.3 Å². The fourth-order valence-corrected chi connectivity index (χ4v) is 5.19. The van der Waals surface area contributed by atoms with Gasteiger partial charge in [-0.15, -0.1) is 0 Å². The Kier molecular flexibility index (Phi) is 4.59. The van der Waals surface area contributed by atoms with E-state index < -0.39 is 5.91 Å². The molecule has 0 unspecified atom stereocenters. The van der Waals surface area contributed by atoms with Crippen molar-refractivity contribution < 1.29 is 9.18 Å². The largest absolute Gasteiger partial charge is 0.381 e. The molecule has 0 saturated carbocycles. The maximum atomic E-state index is 13.2. The average Bonchev–Trinajstić information content (AvgIpc) is 3.26. The summed E-state index contributed by atoms with van der Waals surface area (Å²) in [4.78, 5) is 18.9. The minimum absolute atomic E-state index is 0.191. The third-order valence-electron chi connectivity index (χ3n) is 6.57. The van der Waals surface area contributed by atoms with Crippen LogP contribution in [-0.2, 0) is 13.0 Å². The van der Waals surface area contributed by atoms with Gasteiger partial charge < -0.3 is 11.1 Å². The number of primary amides is 1. The standard InChI is InChI=1S/C23H25FN4O/c24-15-6-4-14(5-7-15)13-28-17-8-9-18(28)11-16(10-17)27-22-19-2-1-3-21(19)26-12-20(22)23(25)29/h1-2,4-7,12,16-18H,3,8-11,13H2,(H2,25,29)(H,26,27)/t17-,18-/m0/s1. The number of pyridine rings is 1. The number of nitrogens with two attached hydrogens (primary N) is 1. The Hall–Kier alpha value is -2.73. The Morgan fingerprint density at radius 1 is 1.21 bits per heavy atom. The van der Waals surface area contributed by atoms with Gasteiger partial charge in [0, 0.05) is 42.9 Å². The van der Waals surface area contributed by atoms with Crippen LogP contribution in [0.3, 0.4) is 0 Å². The lowest BCUT2D eigenvalue weighted by Gasteiger charge is -2.40. The molecule has 2 fully saturated rings. The highest BCUT2D eigenvalue weighted by molar-refractivity contribution is 6.00. The third-order valence-corrected chi connectivity index (χ3v) is 6.57. The molecule has 5 nitrogen and oxygen atoms in total. The number of benzene rings is 1. The summed E-state index contributed by atoms with van der Waals surface area (Å²) in [7, 11) is 0. The van der Waals surface area contributed by atoms with E-state index in [1.54, 1.807) is 6.20 Å². The quantitative estimate of drug-likeness (QED) is 0.817. The topological polar surface area (TPSA) is 71.2 Å². The molecule has 150 valence electrons. The number of amides is 1. The average molecular weight is 392 g/mol. The van der Waals surface area contributed by atoms with E-state index in [2.05, 4.69) is 21.3 Å². The van der Waals surface area contributed by atoms with Gasteiger partial charge in [-0.1, -0.05) is 24.3 Å². The molecule has 1 aromatic heterocycles. The number of piperidine rings is 1. The van der Waals surface area contributed by atoms with Crippen molar-refractivity contribution in [2.24, 2.45) is 5.73 Å². The van der Waals surface area contributed by atoms with Crippen molar-refractivity contribution in [1.29, 1.82) is 0 Å². The molecule has 3 aliphatic rings. The van der Waals surface area contributed by atoms with Crippen LogP contribution in [0.5, 0.6) is 0 Å². The predicted molar refractivity (Wildman–Crippen MR) is 111 cm³/mol. The molecule has 1 aliphatic carbocycles. The Balaban J connectivity index is 1.33. The number of aromatic nitrogens is 1. The number of allylic oxidation sites excluding steroid dienone is 1. The zero-order valence-corrected chi connectivity index (χ0v) is 16.3. The number of nitrogens with one attached hydrogen (secondary N) is 1. The van der Waals surface area contributed by atoms with E-state index in [1.165, 1.54) is 25.0 Å². The lowest BCUT2D eigenvalue weighted by molar-refractivity contribution is 0.100. The summed E-state index contributed by atoms with van der Waals surface area (Å²) in [5.41, 5.74) is 10.1. The number of rotatable bonds is 5. The molecule has 2 saturated heterocycles. The van der Waals surface area contributed by atoms with Gasteiger partial charge in [-0.3, -0.25) is 14.7 Å². The molecule has 1 aromatic carbocycles. The first kappa shape index (κ1) is 18.3. The smallest absolute Gasteiger partial charge is 0.252 e. The highest BCUT2D eigenvalue weighted by Gasteiger charge is 2.41. The molecule has 29 heavy (non-hydrogen) atoms. The van der Waals surface area contributed by atoms with E-state index in [1.807, 2.05) is 18.2 Å². The molecule has 0 radical (unpaired) electrons. The monoisotopic (exact) mass is 392 g/mol. The molecular formula is C23H25FN4O. The van der Waals surface area contributed by atoms with E-state index in [9.17, 15) is 9.18 Å². The maximum absolute atomic E-state index is 13.2. The van der Waals surface area contributed by atoms with Gasteiger partial charge in [0.05, 0.1) is 16.9 Å². The normalized spacial score (nSPS) is 25.2. The fourth-order valence-electron chi connectivity index (χ4n) is 5.19. The highest BCUT2D eigenvalue weighted by atomic mass is 19.1. The molecule has 2 atom stereocenters. The minimum atomic E-state index is -0.445. The van der Waals surface area contributed by atoms with Gasteiger partial charge in [0.1, 0.15) is 5.82 Å². The lowest BCUT2D eigenvalue weighted by atomic mass is 9.95. The van der Waals surface area contributed by atoms with E-state index in [0.29, 0.717) is 23.7 Å². The van der Waals surface area contributed by atoms with Crippen LogP contribution in [0.2, 0.25) is 0 Å². The summed E-state index contributed by atoms with van der Waals surface area (Å²) in [6, 6.07) is 8.13. The summed E-state index contributed by atoms with van der Waals surface area (Å²) in [6.45, 7) is 0.863. The van der Waals surface area contributed by atoms with Gasteiger partial charge >= 0.3 is 0 Å². The Morgan fingerprint density at radius 3 is 2.62 bits per heavy atom. The lowest BCUT2D eigenvalue weighted by Crippen LogP contribution is -2.46. The Labute approximate surface area is 169 Å². The van der Waals surface area contributed by atoms with Crippen molar-refractivity contribution in [3.8, 4) is 0 Å². The van der Waals surface area contributed by atoms with Gasteiger partial charge in [0.15, 0.2) is 0 Å². The van der Waals surface area contributed by atoms with E-state index >= 15 is 0 Å². The molecule has 2 bridgehead atoms. The molecule has 2 aliphatic heterocycles. The first-order valence-electron chi connectivity index (χ1n) is 10.3. The SMILES string of the molecule is NC(=O)c1cnc2c(c1NC1C[C@@H]3CC[C@@H](C1)N3Cc1ccc(F)cc1)C=CC2. The van der Waals surface area contributed by atoms with Crippen LogP contribution in [0.15, 0.2) is 36.5 Å². The number of fused-ring (bicyclic) bond motifs is 3. The van der Waals surface area contributed by atoms with Crippen LogP contribution in [-0.4, -0.2) is 33.9 Å². The summed E-state index contributed by atoms with van der Waals surface area (Å²) >= 11 is 0. The van der Waals surface area contributed by atoms with Gasteiger partial charge in [-0.25, -0.2) is 4.39 Å². The first-order valence-corrected chi connectivity index (χ1v) is 10.3. The van der Waals surface area contributed by atoms with Crippen LogP contribution in [0.4, 0.5) is 10.1 Å². The van der Waals surface area contributed by atoms with Gasteiger partial charge in [0.25, 0.3) is 5.91 Å². The van der Waals surface area contributed by atoms with Crippen molar-refractivity contribution in [2.45, 2.75) is 56.8 Å². The van der Waals surface area contributed by atoms with Crippen molar-refractivity contribution in [3.05, 3.63) is 64.7 Å². The van der Waals surface area contributed by atoms with Crippen LogP contribution < -0.4 is 11.1 Å². The Bertz CT molecular complexity index is 958. The van der Waals surface area contributed by atoms with Crippen molar-refractivity contribution in [2.75, 3.05) is 5.32 Å². The predicted octanol–water partition coefficient (Wildman–Crippen LogP) is 3.50. The molecule has 1 amide bonds. The van der Waals surface area contributed by atoms with Crippen LogP contribution in [0, 0.1) is 5.82 Å². The van der Waals surface area contributed by atoms with Crippen LogP contribution in [0.1, 0.15) is 52.9 Å². The molecule has 3 N–H and O–H groups in total. The third kappa shape index (κ3) is 3.42. The van der Waals surface area contributed by atoms with E-state index in [-0.39, 0.29) is 5.82 Å². The molecule has 0 spiro atoms. The second kappa shape index (κ2) is 7.26. The van der Waals surface area contributed by atoms with Gasteiger partial charge in [0.2, 0.25) is 0 Å². The number of carbonyl (C=O) groups excluding carboxylic acids is 1. The van der Waals surface area contributed by atoms with E-state index in [4.69, 9.17) is 5.73 Å². The summed E-state index contributed by atoms with van der Waals surface area (Å²) in [5, 5.41) is 3.66. The summed E-state index contributed by atoms with van der Waals surface area (Å²) in [6.07, 6.45) is 10.9. The molecule has 5 rings (SSSR count). The fraction of sp³-hybridized carbons (Fsp3) is 0.391. The van der Waals surface area contributed by atoms with Crippen LogP contribution in [0.25, 0.3) is 6.08 Å². The number of halogens is 1. The highest BCUT2D eigenvalue weighted by Crippen LogP contribution is 2.39. The molecule has 2 aromatic rings. The maximum Gasteiger partial charge on any atom is 0.252 e. The van der Waals surface area contributed by atoms with Crippen molar-refractivity contribution >= 4 is 17.7 Å². The minimum Gasteiger partial charge on any atom is -0.381 e. The number of nitrogens with zero attached hydrogens (tertiary/aromatic N) is 2. The molecule has 6 heteroatoms. The zero-order valence-electron chi connectivity index (χ0n) is 16.3. The second-order valence-electron chi connectivity index (χ2n) is 8.37. The number of carbonyl (C=O) groups is 1. The first-order chi connectivity index (χ1) is 14.1. The number of anilines is 1. The molecule has 3 heterocycles. The van der Waals surface area contributed by atoms with Crippen molar-refractivity contribution in [1.82, 2.24) is 9.88 Å². The Morgan fingerprint density at radius 2 is 1.93 bits per heavy atom. The summed E-state index contributed by atoms with van der Waals surface area (Å²) in [5.74, 6) is -0.636.